The summed E-state index contributed by atoms with van der Waals surface area (Å²) in [6, 6.07) is 5.62. The number of rotatable bonds is 6. The first-order valence-electron chi connectivity index (χ1n) is 5.53. The van der Waals surface area contributed by atoms with Crippen LogP contribution in [0.15, 0.2) is 24.3 Å². The first-order valence-corrected chi connectivity index (χ1v) is 6.91. The highest BCUT2D eigenvalue weighted by atomic mass is 32.2. The van der Waals surface area contributed by atoms with Crippen molar-refractivity contribution in [1.29, 1.82) is 0 Å². The van der Waals surface area contributed by atoms with E-state index >= 15 is 0 Å². The fourth-order valence-corrected chi connectivity index (χ4v) is 2.30. The van der Waals surface area contributed by atoms with Gasteiger partial charge in [0.25, 0.3) is 0 Å². The van der Waals surface area contributed by atoms with Crippen LogP contribution >= 0.6 is 0 Å². The average Bonchev–Trinajstić information content (AvgIpc) is 2.31. The summed E-state index contributed by atoms with van der Waals surface area (Å²) >= 11 is 0. The molecule has 0 aliphatic heterocycles. The molecule has 0 heterocycles. The van der Waals surface area contributed by atoms with Gasteiger partial charge in [-0.3, -0.25) is 13.8 Å². The van der Waals surface area contributed by atoms with Crippen molar-refractivity contribution >= 4 is 28.4 Å². The fourth-order valence-electron chi connectivity index (χ4n) is 1.36. The highest BCUT2D eigenvalue weighted by molar-refractivity contribution is 7.86. The van der Waals surface area contributed by atoms with E-state index in [1.54, 1.807) is 6.07 Å². The molecule has 0 saturated heterocycles. The van der Waals surface area contributed by atoms with Gasteiger partial charge in [-0.25, -0.2) is 4.39 Å². The number of hydrogen-bond acceptors (Lipinski definition) is 3. The van der Waals surface area contributed by atoms with Gasteiger partial charge in [0.1, 0.15) is 11.6 Å². The van der Waals surface area contributed by atoms with Crippen molar-refractivity contribution in [2.75, 3.05) is 11.1 Å². The number of hydrogen-bond donors (Lipinski definition) is 2. The van der Waals surface area contributed by atoms with E-state index in [-0.39, 0.29) is 17.9 Å². The third-order valence-electron chi connectivity index (χ3n) is 2.33. The van der Waals surface area contributed by atoms with Crippen molar-refractivity contribution in [2.24, 2.45) is 0 Å². The Morgan fingerprint density at radius 2 is 2.05 bits per heavy atom. The number of carboxylic acid groups (broad SMARTS) is 1. The van der Waals surface area contributed by atoms with E-state index in [2.05, 4.69) is 5.32 Å². The van der Waals surface area contributed by atoms with Crippen LogP contribution in [0.4, 0.5) is 10.1 Å². The van der Waals surface area contributed by atoms with Gasteiger partial charge >= 0.3 is 5.97 Å². The van der Waals surface area contributed by atoms with E-state index < -0.39 is 33.7 Å². The van der Waals surface area contributed by atoms with Gasteiger partial charge in [-0.1, -0.05) is 19.1 Å². The molecule has 1 amide bonds. The minimum absolute atomic E-state index is 0.00962. The molecule has 0 aliphatic carbocycles. The molecule has 5 nitrogen and oxygen atoms in total. The lowest BCUT2D eigenvalue weighted by Crippen LogP contribution is -2.26. The Bertz CT molecular complexity index is 506. The molecule has 1 rings (SSSR count). The normalized spacial score (nSPS) is 13.6. The maximum atomic E-state index is 13.2. The van der Waals surface area contributed by atoms with E-state index in [0.29, 0.717) is 0 Å². The molecular weight excluding hydrogens is 273 g/mol. The molecule has 0 fully saturated rings. The third-order valence-corrected chi connectivity index (χ3v) is 3.94. The van der Waals surface area contributed by atoms with Crippen molar-refractivity contribution in [3.05, 3.63) is 30.1 Å². The minimum Gasteiger partial charge on any atom is -0.481 e. The predicted molar refractivity (Wildman–Crippen MR) is 69.8 cm³/mol. The summed E-state index contributed by atoms with van der Waals surface area (Å²) in [4.78, 5) is 22.0. The summed E-state index contributed by atoms with van der Waals surface area (Å²) in [5.74, 6) is -2.63. The Balaban J connectivity index is 2.54. The summed E-state index contributed by atoms with van der Waals surface area (Å²) in [5, 5.41) is 10.2. The Kier molecular flexibility index (Phi) is 5.62. The van der Waals surface area contributed by atoms with Gasteiger partial charge in [-0.05, 0) is 12.1 Å². The van der Waals surface area contributed by atoms with Crippen LogP contribution in [-0.4, -0.2) is 32.2 Å². The van der Waals surface area contributed by atoms with E-state index in [9.17, 15) is 18.2 Å². The maximum Gasteiger partial charge on any atom is 0.304 e. The molecule has 2 unspecified atom stereocenters. The molecule has 1 aromatic rings. The molecule has 104 valence electrons. The second-order valence-electron chi connectivity index (χ2n) is 3.96. The number of anilines is 1. The molecule has 1 aromatic carbocycles. The molecular formula is C12H14FNO4S. The van der Waals surface area contributed by atoms with Crippen molar-refractivity contribution in [3.8, 4) is 0 Å². The number of amides is 1. The van der Waals surface area contributed by atoms with Crippen LogP contribution in [0, 0.1) is 5.82 Å². The minimum atomic E-state index is -1.61. The molecule has 0 radical (unpaired) electrons. The molecule has 0 aliphatic rings. The monoisotopic (exact) mass is 287 g/mol. The summed E-state index contributed by atoms with van der Waals surface area (Å²) in [6.07, 6.45) is -0.278. The van der Waals surface area contributed by atoms with Gasteiger partial charge in [0.15, 0.2) is 0 Å². The number of carboxylic acids is 1. The molecule has 0 saturated carbocycles. The van der Waals surface area contributed by atoms with Crippen LogP contribution in [0.1, 0.15) is 13.3 Å². The Labute approximate surface area is 112 Å². The van der Waals surface area contributed by atoms with Gasteiger partial charge in [0, 0.05) is 16.0 Å². The standard InChI is InChI=1S/C12H14FNO4S/c1-8(6-12(16)17)19(18)7-11(15)14-10-5-3-2-4-9(10)13/h2-5,8H,6-7H2,1H3,(H,14,15)(H,16,17). The Morgan fingerprint density at radius 1 is 1.42 bits per heavy atom. The summed E-state index contributed by atoms with van der Waals surface area (Å²) in [7, 11) is -1.61. The average molecular weight is 287 g/mol. The second kappa shape index (κ2) is 6.98. The fraction of sp³-hybridized carbons (Fsp3) is 0.333. The topological polar surface area (TPSA) is 83.5 Å². The first-order chi connectivity index (χ1) is 8.90. The van der Waals surface area contributed by atoms with E-state index in [4.69, 9.17) is 5.11 Å². The van der Waals surface area contributed by atoms with Crippen LogP contribution in [0.2, 0.25) is 0 Å². The lowest BCUT2D eigenvalue weighted by molar-refractivity contribution is -0.136. The van der Waals surface area contributed by atoms with Crippen LogP contribution < -0.4 is 5.32 Å². The smallest absolute Gasteiger partial charge is 0.304 e. The molecule has 0 spiro atoms. The molecule has 7 heteroatoms. The molecule has 2 atom stereocenters. The van der Waals surface area contributed by atoms with Crippen molar-refractivity contribution in [3.63, 3.8) is 0 Å². The number of nitrogens with one attached hydrogen (secondary N) is 1. The molecule has 19 heavy (non-hydrogen) atoms. The molecule has 0 bridgehead atoms. The lowest BCUT2D eigenvalue weighted by Gasteiger charge is -2.09. The van der Waals surface area contributed by atoms with Gasteiger partial charge < -0.3 is 10.4 Å². The van der Waals surface area contributed by atoms with E-state index in [1.165, 1.54) is 25.1 Å². The number of para-hydroxylation sites is 1. The third kappa shape index (κ3) is 5.17. The van der Waals surface area contributed by atoms with Crippen LogP contribution in [0.5, 0.6) is 0 Å². The maximum absolute atomic E-state index is 13.2. The number of carbonyl (C=O) groups excluding carboxylic acids is 1. The van der Waals surface area contributed by atoms with Crippen molar-refractivity contribution < 1.29 is 23.3 Å². The van der Waals surface area contributed by atoms with Crippen LogP contribution in [0.25, 0.3) is 0 Å². The molecule has 2 N–H and O–H groups in total. The van der Waals surface area contributed by atoms with Crippen molar-refractivity contribution in [1.82, 2.24) is 0 Å². The Hall–Kier alpha value is -1.76. The predicted octanol–water partition coefficient (Wildman–Crippen LogP) is 1.38. The highest BCUT2D eigenvalue weighted by Crippen LogP contribution is 2.12. The SMILES string of the molecule is CC(CC(=O)O)S(=O)CC(=O)Nc1ccccc1F. The largest absolute Gasteiger partial charge is 0.481 e. The summed E-state index contributed by atoms with van der Waals surface area (Å²) < 4.78 is 24.9. The van der Waals surface area contributed by atoms with Crippen LogP contribution in [-0.2, 0) is 20.4 Å². The quantitative estimate of drug-likeness (QED) is 0.828. The molecule has 0 aromatic heterocycles. The van der Waals surface area contributed by atoms with Gasteiger partial charge in [0.05, 0.1) is 12.1 Å². The zero-order chi connectivity index (χ0) is 14.4. The van der Waals surface area contributed by atoms with Crippen LogP contribution in [0.3, 0.4) is 0 Å². The van der Waals surface area contributed by atoms with Crippen molar-refractivity contribution in [2.45, 2.75) is 18.6 Å². The second-order valence-corrected chi connectivity index (χ2v) is 5.82. The lowest BCUT2D eigenvalue weighted by atomic mass is 10.3. The zero-order valence-corrected chi connectivity index (χ0v) is 11.1. The van der Waals surface area contributed by atoms with E-state index in [1.807, 2.05) is 0 Å². The van der Waals surface area contributed by atoms with Gasteiger partial charge in [-0.2, -0.15) is 0 Å². The zero-order valence-electron chi connectivity index (χ0n) is 10.3. The number of aliphatic carboxylic acids is 1. The van der Waals surface area contributed by atoms with Gasteiger partial charge in [-0.15, -0.1) is 0 Å². The van der Waals surface area contributed by atoms with Gasteiger partial charge in [0.2, 0.25) is 5.91 Å². The van der Waals surface area contributed by atoms with E-state index in [0.717, 1.165) is 0 Å². The summed E-state index contributed by atoms with van der Waals surface area (Å²) in [5.41, 5.74) is 0.00962. The number of benzene rings is 1. The highest BCUT2D eigenvalue weighted by Gasteiger charge is 2.18. The number of carbonyl (C=O) groups is 2. The summed E-state index contributed by atoms with van der Waals surface area (Å²) in [6.45, 7) is 1.49. The first kappa shape index (κ1) is 15.3. The number of halogens is 1. The Morgan fingerprint density at radius 3 is 2.63 bits per heavy atom.